The van der Waals surface area contributed by atoms with Crippen molar-refractivity contribution in [3.05, 3.63) is 58.1 Å². The lowest BCUT2D eigenvalue weighted by molar-refractivity contribution is 0.482. The predicted molar refractivity (Wildman–Crippen MR) is 82.8 cm³/mol. The van der Waals surface area contributed by atoms with Gasteiger partial charge in [0.15, 0.2) is 0 Å². The fourth-order valence-electron chi connectivity index (χ4n) is 2.67. The number of aryl methyl sites for hydroxylation is 2. The molecule has 3 heteroatoms. The summed E-state index contributed by atoms with van der Waals surface area (Å²) in [6.45, 7) is 0.762. The second-order valence-electron chi connectivity index (χ2n) is 5.17. The van der Waals surface area contributed by atoms with Crippen LogP contribution in [0.15, 0.2) is 36.4 Å². The number of nitrogens with one attached hydrogen (secondary N) is 1. The minimum atomic E-state index is 0.734. The van der Waals surface area contributed by atoms with Gasteiger partial charge in [-0.05, 0) is 67.3 Å². The summed E-state index contributed by atoms with van der Waals surface area (Å²) >= 11 is 6.25. The molecule has 0 saturated heterocycles. The lowest BCUT2D eigenvalue weighted by atomic mass is 10.1. The summed E-state index contributed by atoms with van der Waals surface area (Å²) in [6.07, 6.45) is 3.61. The van der Waals surface area contributed by atoms with Crippen LogP contribution in [0.1, 0.15) is 23.1 Å². The molecule has 1 N–H and O–H groups in total. The number of fused-ring (bicyclic) bond motifs is 1. The molecule has 0 unspecified atom stereocenters. The SMILES string of the molecule is CNCc1ccc(Oc2ccc3c(c2)CCC3)cc1Cl. The molecule has 0 aromatic heterocycles. The molecule has 0 spiro atoms. The van der Waals surface area contributed by atoms with E-state index in [2.05, 4.69) is 17.4 Å². The highest BCUT2D eigenvalue weighted by Crippen LogP contribution is 2.30. The molecule has 0 amide bonds. The fourth-order valence-corrected chi connectivity index (χ4v) is 2.91. The van der Waals surface area contributed by atoms with E-state index in [1.165, 1.54) is 24.0 Å². The summed E-state index contributed by atoms with van der Waals surface area (Å²) in [7, 11) is 1.91. The van der Waals surface area contributed by atoms with Gasteiger partial charge in [0.25, 0.3) is 0 Å². The third kappa shape index (κ3) is 2.82. The average molecular weight is 288 g/mol. The van der Waals surface area contributed by atoms with Crippen molar-refractivity contribution in [2.45, 2.75) is 25.8 Å². The van der Waals surface area contributed by atoms with E-state index in [1.54, 1.807) is 0 Å². The molecule has 1 aliphatic rings. The van der Waals surface area contributed by atoms with E-state index in [4.69, 9.17) is 16.3 Å². The summed E-state index contributed by atoms with van der Waals surface area (Å²) in [5.41, 5.74) is 3.95. The Morgan fingerprint density at radius 2 is 1.80 bits per heavy atom. The van der Waals surface area contributed by atoms with Crippen LogP contribution >= 0.6 is 11.6 Å². The molecule has 0 aliphatic heterocycles. The number of ether oxygens (including phenoxy) is 1. The summed E-state index contributed by atoms with van der Waals surface area (Å²) in [5, 5.41) is 3.83. The maximum atomic E-state index is 6.25. The Bertz CT molecular complexity index is 624. The van der Waals surface area contributed by atoms with Gasteiger partial charge in [0.2, 0.25) is 0 Å². The molecule has 2 nitrogen and oxygen atoms in total. The van der Waals surface area contributed by atoms with Gasteiger partial charge in [-0.25, -0.2) is 0 Å². The normalized spacial score (nSPS) is 13.3. The van der Waals surface area contributed by atoms with Gasteiger partial charge in [-0.3, -0.25) is 0 Å². The Morgan fingerprint density at radius 1 is 1.05 bits per heavy atom. The van der Waals surface area contributed by atoms with Crippen LogP contribution in [0.3, 0.4) is 0 Å². The minimum Gasteiger partial charge on any atom is -0.457 e. The van der Waals surface area contributed by atoms with Crippen molar-refractivity contribution in [2.75, 3.05) is 7.05 Å². The summed E-state index contributed by atoms with van der Waals surface area (Å²) < 4.78 is 5.91. The molecule has 0 bridgehead atoms. The molecule has 0 atom stereocenters. The molecule has 104 valence electrons. The molecule has 0 radical (unpaired) electrons. The maximum absolute atomic E-state index is 6.25. The van der Waals surface area contributed by atoms with Crippen molar-refractivity contribution in [1.29, 1.82) is 0 Å². The Morgan fingerprint density at radius 3 is 2.60 bits per heavy atom. The fraction of sp³-hybridized carbons (Fsp3) is 0.294. The number of hydrogen-bond acceptors (Lipinski definition) is 2. The Balaban J connectivity index is 1.79. The highest BCUT2D eigenvalue weighted by atomic mass is 35.5. The van der Waals surface area contributed by atoms with Gasteiger partial charge in [0, 0.05) is 11.6 Å². The molecule has 2 aromatic carbocycles. The van der Waals surface area contributed by atoms with Gasteiger partial charge in [-0.2, -0.15) is 0 Å². The Kier molecular flexibility index (Phi) is 3.95. The van der Waals surface area contributed by atoms with E-state index in [9.17, 15) is 0 Å². The average Bonchev–Trinajstić information content (AvgIpc) is 2.89. The summed E-state index contributed by atoms with van der Waals surface area (Å²) in [5.74, 6) is 1.68. The summed E-state index contributed by atoms with van der Waals surface area (Å²) in [6, 6.07) is 12.2. The highest BCUT2D eigenvalue weighted by molar-refractivity contribution is 6.31. The molecular weight excluding hydrogens is 270 g/mol. The van der Waals surface area contributed by atoms with Crippen molar-refractivity contribution in [3.63, 3.8) is 0 Å². The first-order valence-electron chi connectivity index (χ1n) is 6.99. The van der Waals surface area contributed by atoms with Crippen LogP contribution in [0.5, 0.6) is 11.5 Å². The molecule has 0 heterocycles. The van der Waals surface area contributed by atoms with Gasteiger partial charge in [0.05, 0.1) is 0 Å². The second kappa shape index (κ2) is 5.86. The number of hydrogen-bond donors (Lipinski definition) is 1. The van der Waals surface area contributed by atoms with Crippen LogP contribution in [0, 0.1) is 0 Å². The molecule has 1 aliphatic carbocycles. The van der Waals surface area contributed by atoms with Gasteiger partial charge >= 0.3 is 0 Å². The monoisotopic (exact) mass is 287 g/mol. The van der Waals surface area contributed by atoms with Crippen LogP contribution in [0.2, 0.25) is 5.02 Å². The molecule has 0 saturated carbocycles. The topological polar surface area (TPSA) is 21.3 Å². The molecular formula is C17H18ClNO. The van der Waals surface area contributed by atoms with Crippen LogP contribution in [-0.2, 0) is 19.4 Å². The van der Waals surface area contributed by atoms with E-state index >= 15 is 0 Å². The molecule has 2 aromatic rings. The number of halogens is 1. The van der Waals surface area contributed by atoms with Gasteiger partial charge in [-0.15, -0.1) is 0 Å². The third-order valence-corrected chi connectivity index (χ3v) is 4.05. The van der Waals surface area contributed by atoms with Crippen molar-refractivity contribution in [3.8, 4) is 11.5 Å². The highest BCUT2D eigenvalue weighted by Gasteiger charge is 2.11. The largest absolute Gasteiger partial charge is 0.457 e. The first-order chi connectivity index (χ1) is 9.76. The summed E-state index contributed by atoms with van der Waals surface area (Å²) in [4.78, 5) is 0. The zero-order valence-corrected chi connectivity index (χ0v) is 12.3. The Labute approximate surface area is 124 Å². The zero-order chi connectivity index (χ0) is 13.9. The lowest BCUT2D eigenvalue weighted by Gasteiger charge is -2.10. The van der Waals surface area contributed by atoms with Gasteiger partial charge in [-0.1, -0.05) is 23.7 Å². The van der Waals surface area contributed by atoms with E-state index in [0.717, 1.165) is 35.1 Å². The van der Waals surface area contributed by atoms with Crippen molar-refractivity contribution in [2.24, 2.45) is 0 Å². The first-order valence-corrected chi connectivity index (χ1v) is 7.37. The first kappa shape index (κ1) is 13.5. The lowest BCUT2D eigenvalue weighted by Crippen LogP contribution is -2.05. The van der Waals surface area contributed by atoms with Crippen LogP contribution in [0.4, 0.5) is 0 Å². The second-order valence-corrected chi connectivity index (χ2v) is 5.58. The van der Waals surface area contributed by atoms with Gasteiger partial charge < -0.3 is 10.1 Å². The number of rotatable bonds is 4. The van der Waals surface area contributed by atoms with E-state index < -0.39 is 0 Å². The van der Waals surface area contributed by atoms with Crippen molar-refractivity contribution < 1.29 is 4.74 Å². The van der Waals surface area contributed by atoms with Crippen LogP contribution in [-0.4, -0.2) is 7.05 Å². The molecule has 20 heavy (non-hydrogen) atoms. The molecule has 0 fully saturated rings. The van der Waals surface area contributed by atoms with E-state index in [0.29, 0.717) is 0 Å². The smallest absolute Gasteiger partial charge is 0.128 e. The number of benzene rings is 2. The standard InChI is InChI=1S/C17H18ClNO/c1-19-11-14-6-8-16(10-17(14)18)20-15-7-5-12-3-2-4-13(12)9-15/h5-10,19H,2-4,11H2,1H3. The predicted octanol–water partition coefficient (Wildman–Crippen LogP) is 4.34. The van der Waals surface area contributed by atoms with Gasteiger partial charge in [0.1, 0.15) is 11.5 Å². The Hall–Kier alpha value is -1.51. The van der Waals surface area contributed by atoms with Crippen molar-refractivity contribution >= 4 is 11.6 Å². The molecule has 3 rings (SSSR count). The van der Waals surface area contributed by atoms with Crippen LogP contribution < -0.4 is 10.1 Å². The van der Waals surface area contributed by atoms with E-state index in [1.807, 2.05) is 31.3 Å². The van der Waals surface area contributed by atoms with E-state index in [-0.39, 0.29) is 0 Å². The maximum Gasteiger partial charge on any atom is 0.128 e. The minimum absolute atomic E-state index is 0.734. The van der Waals surface area contributed by atoms with Crippen LogP contribution in [0.25, 0.3) is 0 Å². The zero-order valence-electron chi connectivity index (χ0n) is 11.6. The quantitative estimate of drug-likeness (QED) is 0.903. The third-order valence-electron chi connectivity index (χ3n) is 3.70. The van der Waals surface area contributed by atoms with Crippen molar-refractivity contribution in [1.82, 2.24) is 5.32 Å².